The van der Waals surface area contributed by atoms with E-state index >= 15 is 0 Å². The quantitative estimate of drug-likeness (QED) is 0.585. The molecule has 7 nitrogen and oxygen atoms in total. The predicted octanol–water partition coefficient (Wildman–Crippen LogP) is 2.38. The standard InChI is InChI=1S/C25H28N2O5/c1-23(31,14-28)19-7-8-21-20(11-19)22(30)27(13-18-5-3-17(12-26)4-6-18)24(21,2)32-16-25(15-29)9-10-25/h3-8,11,28-29,31H,9-10,13-16H2,1-2H3/t23-,24+/m0/s1. The number of benzene rings is 2. The highest BCUT2D eigenvalue weighted by atomic mass is 16.5. The molecule has 2 aromatic rings. The molecule has 0 saturated heterocycles. The first-order valence-corrected chi connectivity index (χ1v) is 10.7. The molecule has 2 aliphatic rings. The Bertz CT molecular complexity index is 1070. The van der Waals surface area contributed by atoms with E-state index in [1.807, 2.05) is 19.1 Å². The van der Waals surface area contributed by atoms with Gasteiger partial charge < -0.3 is 25.0 Å². The Morgan fingerprint density at radius 2 is 1.88 bits per heavy atom. The van der Waals surface area contributed by atoms with Gasteiger partial charge in [-0.1, -0.05) is 24.3 Å². The monoisotopic (exact) mass is 436 g/mol. The second kappa shape index (κ2) is 7.98. The van der Waals surface area contributed by atoms with E-state index in [1.165, 1.54) is 6.92 Å². The minimum atomic E-state index is -1.47. The molecular formula is C25H28N2O5. The van der Waals surface area contributed by atoms with Gasteiger partial charge in [0.1, 0.15) is 5.60 Å². The zero-order chi connectivity index (χ0) is 23.1. The molecule has 0 radical (unpaired) electrons. The minimum absolute atomic E-state index is 0.0395. The maximum absolute atomic E-state index is 13.5. The smallest absolute Gasteiger partial charge is 0.257 e. The molecule has 0 unspecified atom stereocenters. The van der Waals surface area contributed by atoms with Crippen molar-refractivity contribution in [2.24, 2.45) is 5.41 Å². The van der Waals surface area contributed by atoms with Crippen LogP contribution in [0.4, 0.5) is 0 Å². The van der Waals surface area contributed by atoms with E-state index in [-0.39, 0.29) is 24.5 Å². The maximum atomic E-state index is 13.5. The highest BCUT2D eigenvalue weighted by molar-refractivity contribution is 6.00. The molecule has 7 heteroatoms. The highest BCUT2D eigenvalue weighted by Crippen LogP contribution is 2.49. The van der Waals surface area contributed by atoms with E-state index in [0.29, 0.717) is 28.9 Å². The Balaban J connectivity index is 1.71. The van der Waals surface area contributed by atoms with Crippen LogP contribution in [0.1, 0.15) is 59.3 Å². The van der Waals surface area contributed by atoms with E-state index in [4.69, 9.17) is 10.00 Å². The lowest BCUT2D eigenvalue weighted by atomic mass is 9.92. The van der Waals surface area contributed by atoms with Crippen molar-refractivity contribution < 1.29 is 24.9 Å². The zero-order valence-electron chi connectivity index (χ0n) is 18.3. The van der Waals surface area contributed by atoms with E-state index in [0.717, 1.165) is 18.4 Å². The number of rotatable bonds is 8. The molecule has 4 rings (SSSR count). The van der Waals surface area contributed by atoms with Crippen LogP contribution in [0.3, 0.4) is 0 Å². The second-order valence-electron chi connectivity index (χ2n) is 9.32. The third-order valence-electron chi connectivity index (χ3n) is 6.82. The normalized spacial score (nSPS) is 22.9. The van der Waals surface area contributed by atoms with Gasteiger partial charge in [-0.2, -0.15) is 5.26 Å². The first kappa shape index (κ1) is 22.4. The first-order valence-electron chi connectivity index (χ1n) is 10.7. The van der Waals surface area contributed by atoms with E-state index in [9.17, 15) is 20.1 Å². The van der Waals surface area contributed by atoms with Gasteiger partial charge in [-0.25, -0.2) is 0 Å². The largest absolute Gasteiger partial charge is 0.396 e. The molecule has 1 heterocycles. The van der Waals surface area contributed by atoms with Crippen molar-refractivity contribution in [2.75, 3.05) is 19.8 Å². The molecule has 1 saturated carbocycles. The number of ether oxygens (including phenoxy) is 1. The Morgan fingerprint density at radius 1 is 1.19 bits per heavy atom. The third-order valence-corrected chi connectivity index (χ3v) is 6.82. The second-order valence-corrected chi connectivity index (χ2v) is 9.32. The average Bonchev–Trinajstić information content (AvgIpc) is 3.57. The van der Waals surface area contributed by atoms with Crippen LogP contribution in [0.25, 0.3) is 0 Å². The van der Waals surface area contributed by atoms with Crippen LogP contribution in [-0.2, 0) is 22.6 Å². The first-order chi connectivity index (χ1) is 15.2. The fourth-order valence-electron chi connectivity index (χ4n) is 4.10. The van der Waals surface area contributed by atoms with Crippen molar-refractivity contribution in [1.29, 1.82) is 5.26 Å². The number of hydrogen-bond acceptors (Lipinski definition) is 6. The summed E-state index contributed by atoms with van der Waals surface area (Å²) >= 11 is 0. The van der Waals surface area contributed by atoms with Gasteiger partial charge in [0.25, 0.3) is 5.91 Å². The van der Waals surface area contributed by atoms with Crippen LogP contribution in [0.2, 0.25) is 0 Å². The van der Waals surface area contributed by atoms with Crippen LogP contribution < -0.4 is 0 Å². The number of aliphatic hydroxyl groups excluding tert-OH is 2. The fourth-order valence-corrected chi connectivity index (χ4v) is 4.10. The van der Waals surface area contributed by atoms with Gasteiger partial charge in [0.2, 0.25) is 0 Å². The summed E-state index contributed by atoms with van der Waals surface area (Å²) in [6.45, 7) is 3.51. The van der Waals surface area contributed by atoms with Gasteiger partial charge in [0, 0.05) is 23.1 Å². The summed E-state index contributed by atoms with van der Waals surface area (Å²) in [7, 11) is 0. The molecule has 2 aromatic carbocycles. The van der Waals surface area contributed by atoms with E-state index in [1.54, 1.807) is 35.2 Å². The Morgan fingerprint density at radius 3 is 2.44 bits per heavy atom. The van der Waals surface area contributed by atoms with Crippen LogP contribution in [0.15, 0.2) is 42.5 Å². The summed E-state index contributed by atoms with van der Waals surface area (Å²) in [4.78, 5) is 15.2. The number of hydrogen-bond donors (Lipinski definition) is 3. The highest BCUT2D eigenvalue weighted by Gasteiger charge is 2.51. The van der Waals surface area contributed by atoms with Gasteiger partial charge in [-0.3, -0.25) is 4.79 Å². The third kappa shape index (κ3) is 3.80. The average molecular weight is 437 g/mol. The molecule has 1 aliphatic carbocycles. The number of nitriles is 1. The molecule has 0 spiro atoms. The van der Waals surface area contributed by atoms with Crippen molar-refractivity contribution in [3.63, 3.8) is 0 Å². The molecule has 1 fully saturated rings. The number of amides is 1. The van der Waals surface area contributed by atoms with E-state index in [2.05, 4.69) is 6.07 Å². The molecule has 0 bridgehead atoms. The molecule has 1 aliphatic heterocycles. The van der Waals surface area contributed by atoms with Gasteiger partial charge >= 0.3 is 0 Å². The van der Waals surface area contributed by atoms with Crippen molar-refractivity contribution in [3.05, 3.63) is 70.3 Å². The van der Waals surface area contributed by atoms with Crippen LogP contribution >= 0.6 is 0 Å². The van der Waals surface area contributed by atoms with Crippen LogP contribution in [-0.4, -0.2) is 45.9 Å². The van der Waals surface area contributed by atoms with Crippen molar-refractivity contribution >= 4 is 5.91 Å². The lowest BCUT2D eigenvalue weighted by Gasteiger charge is -2.37. The molecular weight excluding hydrogens is 408 g/mol. The fraction of sp³-hybridized carbons (Fsp3) is 0.440. The summed E-state index contributed by atoms with van der Waals surface area (Å²) < 4.78 is 6.37. The SMILES string of the molecule is C[C@](O)(CO)c1ccc2c(c1)C(=O)N(Cc1ccc(C#N)cc1)[C@]2(C)OCC1(CO)CC1. The number of carbonyl (C=O) groups is 1. The predicted molar refractivity (Wildman–Crippen MR) is 116 cm³/mol. The molecule has 0 aromatic heterocycles. The summed E-state index contributed by atoms with van der Waals surface area (Å²) in [6, 6.07) is 14.2. The number of fused-ring (bicyclic) bond motifs is 1. The van der Waals surface area contributed by atoms with E-state index < -0.39 is 17.9 Å². The lowest BCUT2D eigenvalue weighted by molar-refractivity contribution is -0.144. The maximum Gasteiger partial charge on any atom is 0.257 e. The Labute approximate surface area is 187 Å². The Hall–Kier alpha value is -2.76. The summed E-state index contributed by atoms with van der Waals surface area (Å²) in [5, 5.41) is 38.8. The van der Waals surface area contributed by atoms with Crippen LogP contribution in [0, 0.1) is 16.7 Å². The van der Waals surface area contributed by atoms with Crippen LogP contribution in [0.5, 0.6) is 0 Å². The molecule has 1 amide bonds. The van der Waals surface area contributed by atoms with Crippen molar-refractivity contribution in [3.8, 4) is 6.07 Å². The van der Waals surface area contributed by atoms with Gasteiger partial charge in [-0.05, 0) is 56.0 Å². The van der Waals surface area contributed by atoms with Crippen molar-refractivity contribution in [2.45, 2.75) is 44.6 Å². The zero-order valence-corrected chi connectivity index (χ0v) is 18.3. The van der Waals surface area contributed by atoms with Gasteiger partial charge in [-0.15, -0.1) is 0 Å². The number of carbonyl (C=O) groups excluding carboxylic acids is 1. The van der Waals surface area contributed by atoms with Gasteiger partial charge in [0.15, 0.2) is 5.72 Å². The number of nitrogens with zero attached hydrogens (tertiary/aromatic N) is 2. The van der Waals surface area contributed by atoms with Crippen molar-refractivity contribution in [1.82, 2.24) is 4.90 Å². The lowest BCUT2D eigenvalue weighted by Crippen LogP contribution is -2.44. The molecule has 32 heavy (non-hydrogen) atoms. The summed E-state index contributed by atoms with van der Waals surface area (Å²) in [5.74, 6) is -0.240. The topological polar surface area (TPSA) is 114 Å². The molecule has 2 atom stereocenters. The Kier molecular flexibility index (Phi) is 5.60. The molecule has 168 valence electrons. The number of aliphatic hydroxyl groups is 3. The van der Waals surface area contributed by atoms with Gasteiger partial charge in [0.05, 0.1) is 31.5 Å². The minimum Gasteiger partial charge on any atom is -0.396 e. The summed E-state index contributed by atoms with van der Waals surface area (Å²) in [5.41, 5.74) is 0.156. The molecule has 3 N–H and O–H groups in total. The summed E-state index contributed by atoms with van der Waals surface area (Å²) in [6.07, 6.45) is 1.77.